The first kappa shape index (κ1) is 11.1. The molecule has 0 aliphatic heterocycles. The number of allylic oxidation sites excluding steroid dienone is 1. The third-order valence-electron chi connectivity index (χ3n) is 2.07. The molecule has 0 fully saturated rings. The highest BCUT2D eigenvalue weighted by Gasteiger charge is 2.01. The van der Waals surface area contributed by atoms with E-state index in [1.165, 1.54) is 6.08 Å². The highest BCUT2D eigenvalue weighted by atomic mass is 35.5. The quantitative estimate of drug-likeness (QED) is 0.585. The molecule has 2 aromatic rings. The van der Waals surface area contributed by atoms with E-state index in [1.807, 2.05) is 36.4 Å². The van der Waals surface area contributed by atoms with Crippen LogP contribution < -0.4 is 0 Å². The van der Waals surface area contributed by atoms with Crippen LogP contribution >= 0.6 is 22.9 Å². The summed E-state index contributed by atoms with van der Waals surface area (Å²) in [4.78, 5) is 12.4. The third-order valence-corrected chi connectivity index (χ3v) is 3.41. The number of thiophene rings is 1. The van der Waals surface area contributed by atoms with Gasteiger partial charge in [0.1, 0.15) is 6.29 Å². The van der Waals surface area contributed by atoms with Crippen LogP contribution in [0, 0.1) is 0 Å². The number of aldehydes is 1. The molecule has 0 aliphatic carbocycles. The predicted molar refractivity (Wildman–Crippen MR) is 69.9 cm³/mol. The minimum Gasteiger partial charge on any atom is -0.299 e. The number of rotatable bonds is 3. The van der Waals surface area contributed by atoms with Crippen molar-refractivity contribution in [2.75, 3.05) is 0 Å². The lowest BCUT2D eigenvalue weighted by molar-refractivity contribution is -0.104. The first-order valence-corrected chi connectivity index (χ1v) is 5.96. The molecule has 0 aliphatic rings. The van der Waals surface area contributed by atoms with Crippen LogP contribution in [0.5, 0.6) is 0 Å². The van der Waals surface area contributed by atoms with Gasteiger partial charge >= 0.3 is 0 Å². The maximum atomic E-state index is 10.2. The second-order valence-corrected chi connectivity index (χ2v) is 4.76. The second kappa shape index (κ2) is 5.10. The molecule has 1 aromatic carbocycles. The zero-order chi connectivity index (χ0) is 11.4. The van der Waals surface area contributed by atoms with Crippen molar-refractivity contribution in [1.82, 2.24) is 0 Å². The Hall–Kier alpha value is -1.38. The third kappa shape index (κ3) is 2.60. The van der Waals surface area contributed by atoms with Crippen molar-refractivity contribution in [2.24, 2.45) is 0 Å². The van der Waals surface area contributed by atoms with Crippen LogP contribution in [0.3, 0.4) is 0 Å². The summed E-state index contributed by atoms with van der Waals surface area (Å²) in [6.45, 7) is 0. The Bertz CT molecular complexity index is 528. The zero-order valence-corrected chi connectivity index (χ0v) is 9.96. The van der Waals surface area contributed by atoms with Crippen molar-refractivity contribution in [3.05, 3.63) is 52.4 Å². The van der Waals surface area contributed by atoms with Gasteiger partial charge in [-0.1, -0.05) is 23.7 Å². The van der Waals surface area contributed by atoms with Gasteiger partial charge in [-0.05, 0) is 42.0 Å². The maximum absolute atomic E-state index is 10.2. The van der Waals surface area contributed by atoms with Gasteiger partial charge in [-0.25, -0.2) is 0 Å². The average Bonchev–Trinajstić information content (AvgIpc) is 2.75. The fraction of sp³-hybridized carbons (Fsp3) is 0. The summed E-state index contributed by atoms with van der Waals surface area (Å²) >= 11 is 7.56. The molecule has 80 valence electrons. The molecular formula is C13H9ClOS. The van der Waals surface area contributed by atoms with Crippen LogP contribution in [0.4, 0.5) is 0 Å². The maximum Gasteiger partial charge on any atom is 0.142 e. The highest BCUT2D eigenvalue weighted by molar-refractivity contribution is 7.16. The van der Waals surface area contributed by atoms with Crippen molar-refractivity contribution in [2.45, 2.75) is 0 Å². The van der Waals surface area contributed by atoms with E-state index in [4.69, 9.17) is 11.6 Å². The Balaban J connectivity index is 2.31. The van der Waals surface area contributed by atoms with Crippen molar-refractivity contribution in [3.8, 4) is 10.4 Å². The number of benzene rings is 1. The number of hydrogen-bond acceptors (Lipinski definition) is 2. The van der Waals surface area contributed by atoms with Gasteiger partial charge in [0.2, 0.25) is 0 Å². The zero-order valence-electron chi connectivity index (χ0n) is 8.39. The number of carbonyl (C=O) groups excluding carboxylic acids is 1. The monoisotopic (exact) mass is 248 g/mol. The van der Waals surface area contributed by atoms with Gasteiger partial charge in [0, 0.05) is 14.8 Å². The van der Waals surface area contributed by atoms with Gasteiger partial charge in [-0.15, -0.1) is 11.3 Å². The molecule has 0 saturated carbocycles. The smallest absolute Gasteiger partial charge is 0.142 e. The Morgan fingerprint density at radius 3 is 2.81 bits per heavy atom. The van der Waals surface area contributed by atoms with E-state index in [2.05, 4.69) is 0 Å². The Labute approximate surface area is 103 Å². The topological polar surface area (TPSA) is 17.1 Å². The fourth-order valence-electron chi connectivity index (χ4n) is 1.37. The molecule has 16 heavy (non-hydrogen) atoms. The predicted octanol–water partition coefficient (Wildman–Crippen LogP) is 4.28. The standard InChI is InChI=1S/C13H9ClOS/c14-11-4-1-3-10(9-11)13-7-6-12(16-13)5-2-8-15/h1-9H. The summed E-state index contributed by atoms with van der Waals surface area (Å²) in [6.07, 6.45) is 4.07. The van der Waals surface area contributed by atoms with E-state index < -0.39 is 0 Å². The van der Waals surface area contributed by atoms with Crippen molar-refractivity contribution in [3.63, 3.8) is 0 Å². The van der Waals surface area contributed by atoms with Crippen molar-refractivity contribution < 1.29 is 4.79 Å². The SMILES string of the molecule is O=CC=Cc1ccc(-c2cccc(Cl)c2)s1. The number of halogens is 1. The molecular weight excluding hydrogens is 240 g/mol. The molecule has 0 amide bonds. The average molecular weight is 249 g/mol. The Morgan fingerprint density at radius 1 is 1.19 bits per heavy atom. The van der Waals surface area contributed by atoms with Crippen LogP contribution in [0.1, 0.15) is 4.88 Å². The summed E-state index contributed by atoms with van der Waals surface area (Å²) in [5.74, 6) is 0. The molecule has 2 rings (SSSR count). The van der Waals surface area contributed by atoms with Gasteiger partial charge < -0.3 is 0 Å². The minimum absolute atomic E-state index is 0.732. The van der Waals surface area contributed by atoms with Crippen molar-refractivity contribution >= 4 is 35.3 Å². The van der Waals surface area contributed by atoms with Crippen LogP contribution in [0.2, 0.25) is 5.02 Å². The molecule has 0 spiro atoms. The highest BCUT2D eigenvalue weighted by Crippen LogP contribution is 2.30. The normalized spacial score (nSPS) is 10.8. The first-order valence-electron chi connectivity index (χ1n) is 4.77. The van der Waals surface area contributed by atoms with Gasteiger partial charge in [0.25, 0.3) is 0 Å². The lowest BCUT2D eigenvalue weighted by Crippen LogP contribution is -1.70. The van der Waals surface area contributed by atoms with E-state index in [0.717, 1.165) is 26.6 Å². The fourth-order valence-corrected chi connectivity index (χ4v) is 2.48. The first-order chi connectivity index (χ1) is 7.79. The molecule has 3 heteroatoms. The largest absolute Gasteiger partial charge is 0.299 e. The molecule has 0 bridgehead atoms. The molecule has 1 nitrogen and oxygen atoms in total. The number of hydrogen-bond donors (Lipinski definition) is 0. The Morgan fingerprint density at radius 2 is 2.06 bits per heavy atom. The van der Waals surface area contributed by atoms with Gasteiger partial charge in [0.05, 0.1) is 0 Å². The van der Waals surface area contributed by atoms with Crippen LogP contribution in [-0.4, -0.2) is 6.29 Å². The summed E-state index contributed by atoms with van der Waals surface area (Å²) in [7, 11) is 0. The molecule has 0 N–H and O–H groups in total. The van der Waals surface area contributed by atoms with Crippen LogP contribution in [0.15, 0.2) is 42.5 Å². The molecule has 1 aromatic heterocycles. The molecule has 0 atom stereocenters. The van der Waals surface area contributed by atoms with E-state index in [-0.39, 0.29) is 0 Å². The lowest BCUT2D eigenvalue weighted by Gasteiger charge is -1.96. The summed E-state index contributed by atoms with van der Waals surface area (Å²) < 4.78 is 0. The Kier molecular flexibility index (Phi) is 3.54. The van der Waals surface area contributed by atoms with E-state index in [9.17, 15) is 4.79 Å². The second-order valence-electron chi connectivity index (χ2n) is 3.21. The van der Waals surface area contributed by atoms with Gasteiger partial charge in [0.15, 0.2) is 0 Å². The van der Waals surface area contributed by atoms with Crippen molar-refractivity contribution in [1.29, 1.82) is 0 Å². The summed E-state index contributed by atoms with van der Waals surface area (Å²) in [5, 5.41) is 0.732. The van der Waals surface area contributed by atoms with Crippen LogP contribution in [0.25, 0.3) is 16.5 Å². The van der Waals surface area contributed by atoms with Gasteiger partial charge in [-0.3, -0.25) is 4.79 Å². The van der Waals surface area contributed by atoms with Crippen LogP contribution in [-0.2, 0) is 4.79 Å². The lowest BCUT2D eigenvalue weighted by atomic mass is 10.2. The molecule has 1 heterocycles. The number of carbonyl (C=O) groups is 1. The molecule has 0 saturated heterocycles. The molecule has 0 radical (unpaired) electrons. The molecule has 0 unspecified atom stereocenters. The van der Waals surface area contributed by atoms with E-state index >= 15 is 0 Å². The van der Waals surface area contributed by atoms with Gasteiger partial charge in [-0.2, -0.15) is 0 Å². The van der Waals surface area contributed by atoms with E-state index in [1.54, 1.807) is 17.4 Å². The summed E-state index contributed by atoms with van der Waals surface area (Å²) in [6, 6.07) is 11.7. The summed E-state index contributed by atoms with van der Waals surface area (Å²) in [5.41, 5.74) is 1.10. The van der Waals surface area contributed by atoms with E-state index in [0.29, 0.717) is 0 Å². The minimum atomic E-state index is 0.732.